The minimum atomic E-state index is -3.23. The Bertz CT molecular complexity index is 395. The van der Waals surface area contributed by atoms with Gasteiger partial charge in [-0.25, -0.2) is 12.7 Å². The molecule has 1 fully saturated rings. The van der Waals surface area contributed by atoms with Crippen LogP contribution in [0.3, 0.4) is 0 Å². The predicted molar refractivity (Wildman–Crippen MR) is 75.3 cm³/mol. The second-order valence-corrected chi connectivity index (χ2v) is 7.63. The first-order valence-electron chi connectivity index (χ1n) is 6.73. The van der Waals surface area contributed by atoms with E-state index in [2.05, 4.69) is 17.6 Å². The largest absolute Gasteiger partial charge is 0.355 e. The van der Waals surface area contributed by atoms with E-state index in [1.807, 2.05) is 0 Å². The molecule has 0 aromatic carbocycles. The van der Waals surface area contributed by atoms with Gasteiger partial charge in [0.05, 0.1) is 5.75 Å². The summed E-state index contributed by atoms with van der Waals surface area (Å²) in [4.78, 5) is 11.8. The summed E-state index contributed by atoms with van der Waals surface area (Å²) < 4.78 is 24.2. The van der Waals surface area contributed by atoms with Crippen LogP contribution in [-0.2, 0) is 14.8 Å². The Morgan fingerprint density at radius 3 is 2.68 bits per heavy atom. The van der Waals surface area contributed by atoms with Crippen LogP contribution < -0.4 is 10.6 Å². The Balaban J connectivity index is 2.28. The maximum atomic E-state index is 11.8. The summed E-state index contributed by atoms with van der Waals surface area (Å²) in [5.74, 6) is 0.351. The van der Waals surface area contributed by atoms with Crippen LogP contribution in [0.5, 0.6) is 0 Å². The summed E-state index contributed by atoms with van der Waals surface area (Å²) in [6.45, 7) is 3.26. The molecule has 0 aromatic heterocycles. The molecule has 0 radical (unpaired) electrons. The van der Waals surface area contributed by atoms with E-state index in [-0.39, 0.29) is 24.2 Å². The Labute approximate surface area is 116 Å². The van der Waals surface area contributed by atoms with Crippen molar-refractivity contribution in [3.05, 3.63) is 0 Å². The van der Waals surface area contributed by atoms with E-state index >= 15 is 0 Å². The molecule has 1 aliphatic heterocycles. The third kappa shape index (κ3) is 5.46. The van der Waals surface area contributed by atoms with Crippen molar-refractivity contribution in [3.63, 3.8) is 0 Å². The highest BCUT2D eigenvalue weighted by atomic mass is 32.2. The van der Waals surface area contributed by atoms with Crippen molar-refractivity contribution in [2.75, 3.05) is 32.9 Å². The van der Waals surface area contributed by atoms with Crippen molar-refractivity contribution in [1.82, 2.24) is 14.9 Å². The third-order valence-electron chi connectivity index (χ3n) is 3.57. The maximum Gasteiger partial charge on any atom is 0.221 e. The average Bonchev–Trinajstić information content (AvgIpc) is 2.31. The number of nitrogens with zero attached hydrogens (tertiary/aromatic N) is 1. The molecular weight excluding hydrogens is 266 g/mol. The Hall–Kier alpha value is -0.660. The standard InChI is InChI=1S/C12H25N3O3S/c1-10-5-4-6-13-11(10)9-12(16)14-7-8-19(17,18)15(2)3/h10-11,13H,4-9H2,1-3H3,(H,14,16). The number of rotatable bonds is 6. The fourth-order valence-electron chi connectivity index (χ4n) is 2.16. The molecule has 6 nitrogen and oxygen atoms in total. The first-order valence-corrected chi connectivity index (χ1v) is 8.34. The van der Waals surface area contributed by atoms with Gasteiger partial charge in [0.15, 0.2) is 0 Å². The molecule has 1 rings (SSSR count). The molecule has 0 bridgehead atoms. The second kappa shape index (κ2) is 7.21. The number of carbonyl (C=O) groups is 1. The van der Waals surface area contributed by atoms with E-state index in [4.69, 9.17) is 0 Å². The monoisotopic (exact) mass is 291 g/mol. The molecule has 1 heterocycles. The van der Waals surface area contributed by atoms with Gasteiger partial charge in [-0.1, -0.05) is 6.92 Å². The van der Waals surface area contributed by atoms with Crippen LogP contribution in [0.1, 0.15) is 26.2 Å². The zero-order chi connectivity index (χ0) is 14.5. The number of sulfonamides is 1. The van der Waals surface area contributed by atoms with Crippen LogP contribution in [0.2, 0.25) is 0 Å². The summed E-state index contributed by atoms with van der Waals surface area (Å²) in [5.41, 5.74) is 0. The molecule has 2 atom stereocenters. The van der Waals surface area contributed by atoms with E-state index in [1.165, 1.54) is 18.4 Å². The molecule has 1 aliphatic rings. The van der Waals surface area contributed by atoms with Crippen molar-refractivity contribution in [2.24, 2.45) is 5.92 Å². The van der Waals surface area contributed by atoms with E-state index in [1.54, 1.807) is 0 Å². The predicted octanol–water partition coefficient (Wildman–Crippen LogP) is -0.228. The molecule has 0 spiro atoms. The molecule has 1 amide bonds. The fourth-order valence-corrected chi connectivity index (χ4v) is 2.89. The van der Waals surface area contributed by atoms with Gasteiger partial charge in [-0.05, 0) is 25.3 Å². The van der Waals surface area contributed by atoms with Crippen LogP contribution in [-0.4, -0.2) is 57.6 Å². The normalized spacial score (nSPS) is 24.4. The highest BCUT2D eigenvalue weighted by molar-refractivity contribution is 7.89. The Kier molecular flexibility index (Phi) is 6.22. The highest BCUT2D eigenvalue weighted by Gasteiger charge is 2.23. The second-order valence-electron chi connectivity index (χ2n) is 5.33. The van der Waals surface area contributed by atoms with Crippen LogP contribution in [0, 0.1) is 5.92 Å². The van der Waals surface area contributed by atoms with Crippen molar-refractivity contribution >= 4 is 15.9 Å². The molecule has 19 heavy (non-hydrogen) atoms. The van der Waals surface area contributed by atoms with Gasteiger partial charge in [0.2, 0.25) is 15.9 Å². The van der Waals surface area contributed by atoms with Gasteiger partial charge in [0.1, 0.15) is 0 Å². The van der Waals surface area contributed by atoms with E-state index in [0.717, 1.165) is 19.4 Å². The zero-order valence-corrected chi connectivity index (χ0v) is 12.8. The third-order valence-corrected chi connectivity index (χ3v) is 5.41. The van der Waals surface area contributed by atoms with Crippen molar-refractivity contribution in [1.29, 1.82) is 0 Å². The van der Waals surface area contributed by atoms with Gasteiger partial charge in [-0.15, -0.1) is 0 Å². The number of nitrogens with one attached hydrogen (secondary N) is 2. The van der Waals surface area contributed by atoms with Crippen LogP contribution >= 0.6 is 0 Å². The molecule has 0 aliphatic carbocycles. The number of hydrogen-bond donors (Lipinski definition) is 2. The fraction of sp³-hybridized carbons (Fsp3) is 0.917. The lowest BCUT2D eigenvalue weighted by molar-refractivity contribution is -0.121. The van der Waals surface area contributed by atoms with Gasteiger partial charge in [0, 0.05) is 33.1 Å². The molecule has 112 valence electrons. The maximum absolute atomic E-state index is 11.8. The number of amides is 1. The summed E-state index contributed by atoms with van der Waals surface area (Å²) in [6.07, 6.45) is 2.71. The highest BCUT2D eigenvalue weighted by Crippen LogP contribution is 2.17. The first-order chi connectivity index (χ1) is 8.83. The van der Waals surface area contributed by atoms with Crippen LogP contribution in [0.25, 0.3) is 0 Å². The van der Waals surface area contributed by atoms with Gasteiger partial charge < -0.3 is 10.6 Å². The molecule has 7 heteroatoms. The quantitative estimate of drug-likeness (QED) is 0.709. The minimum Gasteiger partial charge on any atom is -0.355 e. The number of hydrogen-bond acceptors (Lipinski definition) is 4. The van der Waals surface area contributed by atoms with Crippen molar-refractivity contribution < 1.29 is 13.2 Å². The molecule has 2 N–H and O–H groups in total. The van der Waals surface area contributed by atoms with E-state index in [9.17, 15) is 13.2 Å². The van der Waals surface area contributed by atoms with Crippen LogP contribution in [0.4, 0.5) is 0 Å². The number of piperidine rings is 1. The average molecular weight is 291 g/mol. The minimum absolute atomic E-state index is 0.0562. The lowest BCUT2D eigenvalue weighted by Gasteiger charge is -2.29. The molecular formula is C12H25N3O3S. The lowest BCUT2D eigenvalue weighted by Crippen LogP contribution is -2.44. The molecule has 0 saturated carbocycles. The van der Waals surface area contributed by atoms with Crippen molar-refractivity contribution in [3.8, 4) is 0 Å². The zero-order valence-electron chi connectivity index (χ0n) is 12.0. The summed E-state index contributed by atoms with van der Waals surface area (Å²) >= 11 is 0. The molecule has 1 saturated heterocycles. The summed E-state index contributed by atoms with van der Waals surface area (Å²) in [6, 6.07) is 0.208. The van der Waals surface area contributed by atoms with E-state index < -0.39 is 10.0 Å². The van der Waals surface area contributed by atoms with Crippen molar-refractivity contribution in [2.45, 2.75) is 32.2 Å². The molecule has 0 aromatic rings. The number of carbonyl (C=O) groups excluding carboxylic acids is 1. The Morgan fingerprint density at radius 1 is 1.42 bits per heavy atom. The van der Waals surface area contributed by atoms with Gasteiger partial charge >= 0.3 is 0 Å². The lowest BCUT2D eigenvalue weighted by atomic mass is 9.90. The smallest absolute Gasteiger partial charge is 0.221 e. The van der Waals surface area contributed by atoms with Gasteiger partial charge in [-0.3, -0.25) is 4.79 Å². The Morgan fingerprint density at radius 2 is 2.11 bits per heavy atom. The topological polar surface area (TPSA) is 78.5 Å². The van der Waals surface area contributed by atoms with E-state index in [0.29, 0.717) is 12.3 Å². The van der Waals surface area contributed by atoms with Crippen LogP contribution in [0.15, 0.2) is 0 Å². The summed E-state index contributed by atoms with van der Waals surface area (Å²) in [5, 5.41) is 6.01. The molecule has 2 unspecified atom stereocenters. The summed E-state index contributed by atoms with van der Waals surface area (Å²) in [7, 11) is -0.253. The van der Waals surface area contributed by atoms with Gasteiger partial charge in [0.25, 0.3) is 0 Å². The van der Waals surface area contributed by atoms with Gasteiger partial charge in [-0.2, -0.15) is 0 Å². The first kappa shape index (κ1) is 16.4. The SMILES string of the molecule is CC1CCCNC1CC(=O)NCCS(=O)(=O)N(C)C.